The molecule has 2 aromatic carbocycles. The van der Waals surface area contributed by atoms with E-state index in [1.807, 2.05) is 18.4 Å². The molecule has 2 aromatic rings. The minimum atomic E-state index is -0.524. The molecule has 0 heterocycles. The van der Waals surface area contributed by atoms with E-state index in [2.05, 4.69) is 36.2 Å². The first-order valence-electron chi connectivity index (χ1n) is 8.89. The summed E-state index contributed by atoms with van der Waals surface area (Å²) in [6.07, 6.45) is 1.87. The summed E-state index contributed by atoms with van der Waals surface area (Å²) in [4.78, 5) is 26.4. The fourth-order valence-corrected chi connectivity index (χ4v) is 3.24. The third-order valence-corrected chi connectivity index (χ3v) is 5.12. The number of hydrogen-bond acceptors (Lipinski definition) is 5. The molecule has 2 rings (SSSR count). The molecule has 0 aliphatic heterocycles. The molecule has 0 fully saturated rings. The lowest BCUT2D eigenvalue weighted by atomic mass is 10.1. The van der Waals surface area contributed by atoms with Crippen molar-refractivity contribution in [1.29, 1.82) is 0 Å². The molecule has 0 aliphatic carbocycles. The quantitative estimate of drug-likeness (QED) is 0.398. The highest BCUT2D eigenvalue weighted by Gasteiger charge is 2.20. The number of nitro benzene ring substituents is 1. The van der Waals surface area contributed by atoms with Gasteiger partial charge in [-0.05, 0) is 42.6 Å². The Balaban J connectivity index is 2.11. The van der Waals surface area contributed by atoms with E-state index in [1.54, 1.807) is 12.1 Å². The van der Waals surface area contributed by atoms with E-state index < -0.39 is 10.8 Å². The maximum Gasteiger partial charge on any atom is 0.282 e. The third-order valence-electron chi connectivity index (χ3n) is 4.39. The molecule has 0 unspecified atom stereocenters. The van der Waals surface area contributed by atoms with Crippen molar-refractivity contribution in [2.24, 2.45) is 0 Å². The van der Waals surface area contributed by atoms with Crippen LogP contribution >= 0.6 is 11.8 Å². The number of nitrogens with one attached hydrogen (secondary N) is 1. The molecule has 7 heteroatoms. The number of amides is 1. The lowest BCUT2D eigenvalue weighted by molar-refractivity contribution is -0.385. The van der Waals surface area contributed by atoms with Crippen LogP contribution in [-0.4, -0.2) is 35.1 Å². The number of hydrogen-bond donors (Lipinski definition) is 1. The molecule has 6 nitrogen and oxygen atoms in total. The van der Waals surface area contributed by atoms with Crippen LogP contribution < -0.4 is 5.32 Å². The van der Waals surface area contributed by atoms with E-state index in [4.69, 9.17) is 0 Å². The number of carbonyl (C=O) groups excluding carboxylic acids is 1. The lowest BCUT2D eigenvalue weighted by Gasteiger charge is -2.18. The fourth-order valence-electron chi connectivity index (χ4n) is 2.80. The maximum atomic E-state index is 12.5. The molecule has 0 aromatic heterocycles. The van der Waals surface area contributed by atoms with E-state index in [9.17, 15) is 14.9 Å². The second kappa shape index (κ2) is 10.1. The maximum absolute atomic E-state index is 12.5. The van der Waals surface area contributed by atoms with Gasteiger partial charge in [0.1, 0.15) is 5.56 Å². The monoisotopic (exact) mass is 387 g/mol. The summed E-state index contributed by atoms with van der Waals surface area (Å²) < 4.78 is 0. The Labute approximate surface area is 164 Å². The first-order valence-corrected chi connectivity index (χ1v) is 10.1. The SMILES string of the molecule is CCN(CC)Cc1cccc(CNC(=O)c2cc(SC)ccc2[N+](=O)[O-])c1. The van der Waals surface area contributed by atoms with Gasteiger partial charge in [-0.3, -0.25) is 19.8 Å². The number of benzene rings is 2. The normalized spacial score (nSPS) is 10.8. The van der Waals surface area contributed by atoms with Gasteiger partial charge in [0.25, 0.3) is 11.6 Å². The zero-order valence-corrected chi connectivity index (χ0v) is 16.7. The Bertz CT molecular complexity index is 807. The molecule has 27 heavy (non-hydrogen) atoms. The van der Waals surface area contributed by atoms with Crippen LogP contribution in [0.15, 0.2) is 47.4 Å². The average molecular weight is 388 g/mol. The van der Waals surface area contributed by atoms with Gasteiger partial charge >= 0.3 is 0 Å². The minimum Gasteiger partial charge on any atom is -0.348 e. The molecule has 144 valence electrons. The van der Waals surface area contributed by atoms with Crippen molar-refractivity contribution < 1.29 is 9.72 Å². The number of rotatable bonds is 9. The topological polar surface area (TPSA) is 75.5 Å². The van der Waals surface area contributed by atoms with E-state index in [-0.39, 0.29) is 11.3 Å². The molecule has 0 saturated heterocycles. The molecule has 0 saturated carbocycles. The first-order chi connectivity index (χ1) is 13.0. The zero-order valence-electron chi connectivity index (χ0n) is 15.9. The first kappa shape index (κ1) is 20.9. The Morgan fingerprint density at radius 3 is 2.48 bits per heavy atom. The molecule has 0 spiro atoms. The highest BCUT2D eigenvalue weighted by molar-refractivity contribution is 7.98. The highest BCUT2D eigenvalue weighted by atomic mass is 32.2. The van der Waals surface area contributed by atoms with Gasteiger partial charge in [-0.15, -0.1) is 11.8 Å². The van der Waals surface area contributed by atoms with Gasteiger partial charge in [-0.2, -0.15) is 0 Å². The minimum absolute atomic E-state index is 0.0890. The van der Waals surface area contributed by atoms with Crippen molar-refractivity contribution in [3.8, 4) is 0 Å². The van der Waals surface area contributed by atoms with Gasteiger partial charge in [0.15, 0.2) is 0 Å². The number of carbonyl (C=O) groups is 1. The molecule has 1 amide bonds. The summed E-state index contributed by atoms with van der Waals surface area (Å²) in [6, 6.07) is 12.6. The van der Waals surface area contributed by atoms with Gasteiger partial charge in [0, 0.05) is 24.1 Å². The third kappa shape index (κ3) is 5.80. The zero-order chi connectivity index (χ0) is 19.8. The largest absolute Gasteiger partial charge is 0.348 e. The van der Waals surface area contributed by atoms with Crippen molar-refractivity contribution in [1.82, 2.24) is 10.2 Å². The van der Waals surface area contributed by atoms with Crippen molar-refractivity contribution in [2.45, 2.75) is 31.8 Å². The summed E-state index contributed by atoms with van der Waals surface area (Å²) in [6.45, 7) is 7.40. The molecule has 0 radical (unpaired) electrons. The van der Waals surface area contributed by atoms with Crippen LogP contribution in [0.5, 0.6) is 0 Å². The van der Waals surface area contributed by atoms with Crippen molar-refractivity contribution >= 4 is 23.4 Å². The van der Waals surface area contributed by atoms with Crippen molar-refractivity contribution in [2.75, 3.05) is 19.3 Å². The van der Waals surface area contributed by atoms with E-state index in [0.29, 0.717) is 6.54 Å². The van der Waals surface area contributed by atoms with Crippen LogP contribution in [0.25, 0.3) is 0 Å². The Morgan fingerprint density at radius 1 is 1.15 bits per heavy atom. The summed E-state index contributed by atoms with van der Waals surface area (Å²) in [5.41, 5.74) is 2.06. The molecular formula is C20H25N3O3S. The number of nitrogens with zero attached hydrogens (tertiary/aromatic N) is 2. The summed E-state index contributed by atoms with van der Waals surface area (Å²) in [5, 5.41) is 14.0. The van der Waals surface area contributed by atoms with Crippen molar-refractivity contribution in [3.05, 3.63) is 69.3 Å². The number of nitro groups is 1. The van der Waals surface area contributed by atoms with E-state index in [1.165, 1.54) is 23.4 Å². The van der Waals surface area contributed by atoms with Crippen LogP contribution in [0.4, 0.5) is 5.69 Å². The second-order valence-corrected chi connectivity index (χ2v) is 6.98. The van der Waals surface area contributed by atoms with Gasteiger partial charge in [0.2, 0.25) is 0 Å². The van der Waals surface area contributed by atoms with Crippen LogP contribution in [-0.2, 0) is 13.1 Å². The standard InChI is InChI=1S/C20H25N3O3S/c1-4-22(5-2)14-16-8-6-7-15(11-16)13-21-20(24)18-12-17(27-3)9-10-19(18)23(25)26/h6-12H,4-5,13-14H2,1-3H3,(H,21,24). The van der Waals surface area contributed by atoms with Gasteiger partial charge in [-0.25, -0.2) is 0 Å². The highest BCUT2D eigenvalue weighted by Crippen LogP contribution is 2.24. The summed E-state index contributed by atoms with van der Waals surface area (Å²) >= 11 is 1.44. The van der Waals surface area contributed by atoms with Crippen LogP contribution in [0.2, 0.25) is 0 Å². The average Bonchev–Trinajstić information content (AvgIpc) is 2.69. The van der Waals surface area contributed by atoms with Crippen LogP contribution in [0.3, 0.4) is 0 Å². The number of thioether (sulfide) groups is 1. The van der Waals surface area contributed by atoms with E-state index in [0.717, 1.165) is 30.1 Å². The molecule has 0 atom stereocenters. The molecular weight excluding hydrogens is 362 g/mol. The predicted molar refractivity (Wildman–Crippen MR) is 109 cm³/mol. The smallest absolute Gasteiger partial charge is 0.282 e. The summed E-state index contributed by atoms with van der Waals surface area (Å²) in [5.74, 6) is -0.438. The molecule has 1 N–H and O–H groups in total. The van der Waals surface area contributed by atoms with Crippen LogP contribution in [0.1, 0.15) is 35.3 Å². The lowest BCUT2D eigenvalue weighted by Crippen LogP contribution is -2.24. The second-order valence-electron chi connectivity index (χ2n) is 6.10. The molecule has 0 aliphatic rings. The Hall–Kier alpha value is -2.38. The van der Waals surface area contributed by atoms with Gasteiger partial charge in [0.05, 0.1) is 4.92 Å². The van der Waals surface area contributed by atoms with E-state index >= 15 is 0 Å². The predicted octanol–water partition coefficient (Wildman–Crippen LogP) is 4.09. The molecule has 0 bridgehead atoms. The van der Waals surface area contributed by atoms with Crippen molar-refractivity contribution in [3.63, 3.8) is 0 Å². The Kier molecular flexibility index (Phi) is 7.82. The van der Waals surface area contributed by atoms with Gasteiger partial charge < -0.3 is 5.32 Å². The van der Waals surface area contributed by atoms with Gasteiger partial charge in [-0.1, -0.05) is 38.1 Å². The van der Waals surface area contributed by atoms with Crippen LogP contribution in [0, 0.1) is 10.1 Å². The Morgan fingerprint density at radius 2 is 1.85 bits per heavy atom. The fraction of sp³-hybridized carbons (Fsp3) is 0.350. The summed E-state index contributed by atoms with van der Waals surface area (Å²) in [7, 11) is 0.